The molecule has 2 aromatic heterocycles. The first kappa shape index (κ1) is 28.2. The van der Waals surface area contributed by atoms with Gasteiger partial charge in [0, 0.05) is 0 Å². The van der Waals surface area contributed by atoms with Crippen LogP contribution in [0.15, 0.2) is 18.5 Å². The van der Waals surface area contributed by atoms with Crippen molar-refractivity contribution in [2.75, 3.05) is 12.3 Å². The summed E-state index contributed by atoms with van der Waals surface area (Å²) >= 11 is 0. The van der Waals surface area contributed by atoms with E-state index in [1.165, 1.54) is 17.1 Å². The van der Waals surface area contributed by atoms with Crippen molar-refractivity contribution in [2.45, 2.75) is 66.0 Å². The highest BCUT2D eigenvalue weighted by molar-refractivity contribution is 5.73. The Balaban J connectivity index is 2.59. The second-order valence-corrected chi connectivity index (χ2v) is 8.74. The van der Waals surface area contributed by atoms with Crippen LogP contribution in [0.5, 0.6) is 0 Å². The first-order valence-electron chi connectivity index (χ1n) is 11.3. The summed E-state index contributed by atoms with van der Waals surface area (Å²) in [6, 6.07) is 3.16. The van der Waals surface area contributed by atoms with E-state index in [2.05, 4.69) is 10.1 Å². The fraction of sp³-hybridized carbons (Fsp3) is 0.565. The molecule has 0 radical (unpaired) electrons. The Morgan fingerprint density at radius 3 is 2.25 bits per heavy atom. The number of esters is 2. The van der Waals surface area contributed by atoms with Crippen molar-refractivity contribution in [2.24, 2.45) is 11.8 Å². The molecule has 36 heavy (non-hydrogen) atoms. The SMILES string of the molecule is CC(C)OC(=O)OC[C@@H](OC#N)[C@@H](OC(=O)C(C)C)[C@@H](OC(=O)C(C)C)c1ccc2c(N)ncnn12. The lowest BCUT2D eigenvalue weighted by Crippen LogP contribution is -2.44. The number of hydrogen-bond acceptors (Lipinski definition) is 12. The van der Waals surface area contributed by atoms with Gasteiger partial charge in [0.25, 0.3) is 6.26 Å². The topological polar surface area (TPSA) is 177 Å². The van der Waals surface area contributed by atoms with E-state index in [0.29, 0.717) is 5.52 Å². The number of nitrogens with zero attached hydrogens (tertiary/aromatic N) is 4. The molecule has 3 atom stereocenters. The van der Waals surface area contributed by atoms with Crippen molar-refractivity contribution in [3.63, 3.8) is 0 Å². The van der Waals surface area contributed by atoms with E-state index in [1.807, 2.05) is 0 Å². The molecule has 0 aliphatic rings. The Morgan fingerprint density at radius 1 is 1.03 bits per heavy atom. The van der Waals surface area contributed by atoms with E-state index in [4.69, 9.17) is 29.4 Å². The number of carbonyl (C=O) groups is 3. The Bertz CT molecular complexity index is 1110. The van der Waals surface area contributed by atoms with Gasteiger partial charge in [-0.05, 0) is 26.0 Å². The van der Waals surface area contributed by atoms with Gasteiger partial charge in [-0.3, -0.25) is 9.59 Å². The number of nitriles is 1. The Labute approximate surface area is 208 Å². The van der Waals surface area contributed by atoms with Gasteiger partial charge in [-0.15, -0.1) is 0 Å². The van der Waals surface area contributed by atoms with Gasteiger partial charge in [-0.1, -0.05) is 27.7 Å². The van der Waals surface area contributed by atoms with Crippen molar-refractivity contribution >= 4 is 29.4 Å². The lowest BCUT2D eigenvalue weighted by molar-refractivity contribution is -0.185. The number of nitrogens with two attached hydrogens (primary N) is 1. The summed E-state index contributed by atoms with van der Waals surface area (Å²) in [5, 5.41) is 13.5. The van der Waals surface area contributed by atoms with Gasteiger partial charge in [-0.2, -0.15) is 10.4 Å². The molecule has 0 aliphatic heterocycles. The first-order chi connectivity index (χ1) is 17.0. The smallest absolute Gasteiger partial charge is 0.454 e. The van der Waals surface area contributed by atoms with Crippen molar-refractivity contribution in [1.82, 2.24) is 14.6 Å². The molecule has 0 bridgehead atoms. The predicted molar refractivity (Wildman–Crippen MR) is 124 cm³/mol. The molecule has 0 saturated carbocycles. The number of nitrogen functional groups attached to an aromatic ring is 1. The summed E-state index contributed by atoms with van der Waals surface area (Å²) in [7, 11) is 0. The molecule has 0 amide bonds. The standard InChI is InChI=1S/C23H31N5O8/c1-12(2)21(29)35-18(15-7-8-16-20(25)26-11-27-28(15)16)19(36-22(30)13(3)4)17(33-10-24)9-32-23(31)34-14(5)6/h7-8,11-14,17-19H,9H2,1-6H3,(H2,25,26,27)/t17-,18+,19-/m1/s1. The average molecular weight is 506 g/mol. The van der Waals surface area contributed by atoms with Crippen molar-refractivity contribution < 1.29 is 38.1 Å². The summed E-state index contributed by atoms with van der Waals surface area (Å²) in [6.07, 6.45) is -2.88. The largest absolute Gasteiger partial charge is 0.508 e. The zero-order valence-corrected chi connectivity index (χ0v) is 21.0. The van der Waals surface area contributed by atoms with Crippen LogP contribution in [0, 0.1) is 23.4 Å². The minimum Gasteiger partial charge on any atom is -0.454 e. The molecular weight excluding hydrogens is 474 g/mol. The molecule has 2 rings (SSSR count). The molecule has 2 heterocycles. The van der Waals surface area contributed by atoms with Crippen LogP contribution in [0.1, 0.15) is 53.3 Å². The summed E-state index contributed by atoms with van der Waals surface area (Å²) < 4.78 is 28.0. The zero-order valence-electron chi connectivity index (χ0n) is 21.0. The summed E-state index contributed by atoms with van der Waals surface area (Å²) in [4.78, 5) is 41.3. The minimum atomic E-state index is -1.43. The highest BCUT2D eigenvalue weighted by atomic mass is 16.7. The maximum absolute atomic E-state index is 12.7. The van der Waals surface area contributed by atoms with Crippen LogP contribution < -0.4 is 5.73 Å². The third-order valence-corrected chi connectivity index (χ3v) is 4.81. The molecule has 13 nitrogen and oxygen atoms in total. The van der Waals surface area contributed by atoms with Crippen LogP contribution in [-0.2, 0) is 33.3 Å². The second kappa shape index (κ2) is 12.6. The van der Waals surface area contributed by atoms with Crippen LogP contribution in [-0.4, -0.2) is 57.6 Å². The zero-order chi connectivity index (χ0) is 27.0. The quantitative estimate of drug-likeness (QED) is 0.268. The minimum absolute atomic E-state index is 0.158. The lowest BCUT2D eigenvalue weighted by Gasteiger charge is -2.31. The monoisotopic (exact) mass is 505 g/mol. The average Bonchev–Trinajstić information content (AvgIpc) is 3.23. The van der Waals surface area contributed by atoms with E-state index in [0.717, 1.165) is 0 Å². The first-order valence-corrected chi connectivity index (χ1v) is 11.3. The number of fused-ring (bicyclic) bond motifs is 1. The Hall–Kier alpha value is -4.08. The van der Waals surface area contributed by atoms with E-state index in [-0.39, 0.29) is 11.5 Å². The molecule has 196 valence electrons. The van der Waals surface area contributed by atoms with Gasteiger partial charge in [0.05, 0.1) is 23.6 Å². The number of aromatic nitrogens is 3. The highest BCUT2D eigenvalue weighted by Gasteiger charge is 2.42. The second-order valence-electron chi connectivity index (χ2n) is 8.74. The number of anilines is 1. The third kappa shape index (κ3) is 7.21. The normalized spacial score (nSPS) is 13.7. The van der Waals surface area contributed by atoms with Crippen LogP contribution >= 0.6 is 0 Å². The number of carbonyl (C=O) groups excluding carboxylic acids is 3. The van der Waals surface area contributed by atoms with E-state index < -0.39 is 61.0 Å². The van der Waals surface area contributed by atoms with Gasteiger partial charge < -0.3 is 29.4 Å². The van der Waals surface area contributed by atoms with Gasteiger partial charge in [0.15, 0.2) is 24.1 Å². The Kier molecular flexibility index (Phi) is 9.83. The van der Waals surface area contributed by atoms with Crippen LogP contribution in [0.25, 0.3) is 5.52 Å². The third-order valence-electron chi connectivity index (χ3n) is 4.81. The lowest BCUT2D eigenvalue weighted by atomic mass is 10.0. The van der Waals surface area contributed by atoms with Crippen molar-refractivity contribution in [3.8, 4) is 6.26 Å². The predicted octanol–water partition coefficient (Wildman–Crippen LogP) is 2.55. The van der Waals surface area contributed by atoms with E-state index in [1.54, 1.807) is 53.7 Å². The summed E-state index contributed by atoms with van der Waals surface area (Å²) in [6.45, 7) is 9.16. The van der Waals surface area contributed by atoms with Gasteiger partial charge in [0.1, 0.15) is 18.5 Å². The molecule has 0 unspecified atom stereocenters. The molecule has 13 heteroatoms. The fourth-order valence-electron chi connectivity index (χ4n) is 2.99. The van der Waals surface area contributed by atoms with Crippen molar-refractivity contribution in [3.05, 3.63) is 24.2 Å². The van der Waals surface area contributed by atoms with Crippen molar-refractivity contribution in [1.29, 1.82) is 5.26 Å². The molecule has 0 aromatic carbocycles. The molecule has 2 aromatic rings. The van der Waals surface area contributed by atoms with Gasteiger partial charge in [0.2, 0.25) is 0 Å². The summed E-state index contributed by atoms with van der Waals surface area (Å²) in [5.74, 6) is -2.26. The van der Waals surface area contributed by atoms with Gasteiger partial charge in [-0.25, -0.2) is 14.3 Å². The number of ether oxygens (including phenoxy) is 5. The molecular formula is C23H31N5O8. The highest BCUT2D eigenvalue weighted by Crippen LogP contribution is 2.31. The fourth-order valence-corrected chi connectivity index (χ4v) is 2.99. The van der Waals surface area contributed by atoms with E-state index >= 15 is 0 Å². The molecule has 0 aliphatic carbocycles. The maximum atomic E-state index is 12.7. The maximum Gasteiger partial charge on any atom is 0.508 e. The summed E-state index contributed by atoms with van der Waals surface area (Å²) in [5.41, 5.74) is 6.60. The van der Waals surface area contributed by atoms with Crippen LogP contribution in [0.3, 0.4) is 0 Å². The van der Waals surface area contributed by atoms with E-state index in [9.17, 15) is 19.6 Å². The molecule has 0 spiro atoms. The molecule has 0 fully saturated rings. The Morgan fingerprint density at radius 2 is 1.67 bits per heavy atom. The number of rotatable bonds is 11. The van der Waals surface area contributed by atoms with Crippen LogP contribution in [0.4, 0.5) is 10.6 Å². The molecule has 0 saturated heterocycles. The van der Waals surface area contributed by atoms with Crippen LogP contribution in [0.2, 0.25) is 0 Å². The molecule has 2 N–H and O–H groups in total. The van der Waals surface area contributed by atoms with Gasteiger partial charge >= 0.3 is 18.1 Å². The number of hydrogen-bond donors (Lipinski definition) is 1.